The number of likely N-dealkylation sites (N-methyl/N-ethyl adjacent to an activating group) is 1. The first-order chi connectivity index (χ1) is 17.1. The lowest BCUT2D eigenvalue weighted by molar-refractivity contribution is 0.0625. The molecule has 2 aromatic carbocycles. The summed E-state index contributed by atoms with van der Waals surface area (Å²) >= 11 is 0. The molecule has 1 aliphatic heterocycles. The van der Waals surface area contributed by atoms with Gasteiger partial charge in [0.05, 0.1) is 16.7 Å². The molecule has 4 aromatic rings. The Morgan fingerprint density at radius 3 is 2.51 bits per heavy atom. The monoisotopic (exact) mass is 472 g/mol. The molecule has 2 N–H and O–H groups in total. The number of rotatable bonds is 7. The Morgan fingerprint density at radius 2 is 1.74 bits per heavy atom. The van der Waals surface area contributed by atoms with Crippen LogP contribution in [0.3, 0.4) is 0 Å². The van der Waals surface area contributed by atoms with Gasteiger partial charge in [-0.1, -0.05) is 26.0 Å². The Bertz CT molecular complexity index is 1400. The number of hydrogen-bond acceptors (Lipinski definition) is 5. The van der Waals surface area contributed by atoms with E-state index in [9.17, 15) is 9.59 Å². The van der Waals surface area contributed by atoms with Gasteiger partial charge in [-0.05, 0) is 49.5 Å². The summed E-state index contributed by atoms with van der Waals surface area (Å²) in [6.07, 6.45) is 0. The molecule has 8 heteroatoms. The molecular formula is C27H32N6O2. The van der Waals surface area contributed by atoms with E-state index in [1.54, 1.807) is 0 Å². The minimum Gasteiger partial charge on any atom is -0.353 e. The van der Waals surface area contributed by atoms with Crippen molar-refractivity contribution < 1.29 is 4.79 Å². The van der Waals surface area contributed by atoms with Crippen LogP contribution in [0.15, 0.2) is 53.3 Å². The smallest absolute Gasteiger partial charge is 0.276 e. The van der Waals surface area contributed by atoms with E-state index in [0.29, 0.717) is 22.5 Å². The van der Waals surface area contributed by atoms with Gasteiger partial charge in [-0.3, -0.25) is 14.5 Å². The topological polar surface area (TPSA) is 88.3 Å². The molecule has 182 valence electrons. The van der Waals surface area contributed by atoms with Crippen LogP contribution in [-0.4, -0.2) is 87.9 Å². The number of hydrogen-bond donors (Lipinski definition) is 2. The maximum atomic E-state index is 13.2. The van der Waals surface area contributed by atoms with Gasteiger partial charge in [-0.15, -0.1) is 0 Å². The highest BCUT2D eigenvalue weighted by atomic mass is 16.2. The molecular weight excluding hydrogens is 440 g/mol. The lowest BCUT2D eigenvalue weighted by Gasteiger charge is -2.35. The number of benzene rings is 2. The van der Waals surface area contributed by atoms with Crippen LogP contribution in [0, 0.1) is 0 Å². The van der Waals surface area contributed by atoms with Gasteiger partial charge in [-0.25, -0.2) is 4.98 Å². The van der Waals surface area contributed by atoms with E-state index in [-0.39, 0.29) is 11.5 Å². The van der Waals surface area contributed by atoms with E-state index in [1.165, 1.54) is 0 Å². The highest BCUT2D eigenvalue weighted by molar-refractivity contribution is 5.99. The molecule has 5 rings (SSSR count). The molecule has 1 aliphatic rings. The van der Waals surface area contributed by atoms with Gasteiger partial charge in [0, 0.05) is 55.7 Å². The molecule has 0 aliphatic carbocycles. The third kappa shape index (κ3) is 4.85. The summed E-state index contributed by atoms with van der Waals surface area (Å²) in [5, 5.41) is 0.887. The normalized spacial score (nSPS) is 14.9. The predicted octanol–water partition coefficient (Wildman–Crippen LogP) is 3.17. The van der Waals surface area contributed by atoms with Crippen molar-refractivity contribution in [1.82, 2.24) is 29.7 Å². The van der Waals surface area contributed by atoms with Crippen molar-refractivity contribution in [3.63, 3.8) is 0 Å². The minimum atomic E-state index is -0.245. The first-order valence-corrected chi connectivity index (χ1v) is 12.4. The van der Waals surface area contributed by atoms with Crippen LogP contribution in [0.25, 0.3) is 33.3 Å². The second-order valence-corrected chi connectivity index (χ2v) is 9.08. The molecule has 35 heavy (non-hydrogen) atoms. The number of para-hydroxylation sites is 2. The Hall–Kier alpha value is -3.49. The number of carbonyl (C=O) groups excluding carboxylic acids is 1. The van der Waals surface area contributed by atoms with Crippen molar-refractivity contribution in [2.24, 2.45) is 0 Å². The fourth-order valence-corrected chi connectivity index (χ4v) is 4.79. The predicted molar refractivity (Wildman–Crippen MR) is 140 cm³/mol. The lowest BCUT2D eigenvalue weighted by Crippen LogP contribution is -2.50. The molecule has 0 bridgehead atoms. The second kappa shape index (κ2) is 10.0. The standard InChI is InChI=1S/C27H32N6O2/c1-3-31(4-2)11-12-32-13-15-33(16-14-32)27(35)19-9-10-21-20(17-19)18-24(28-21)25-26(34)30-23-8-6-5-7-22(23)29-25/h5-10,17-18,28H,3-4,11-16H2,1-2H3,(H,30,34). The average molecular weight is 473 g/mol. The second-order valence-electron chi connectivity index (χ2n) is 9.08. The summed E-state index contributed by atoms with van der Waals surface area (Å²) in [6.45, 7) is 11.9. The lowest BCUT2D eigenvalue weighted by atomic mass is 10.1. The van der Waals surface area contributed by atoms with Crippen LogP contribution < -0.4 is 5.56 Å². The molecule has 8 nitrogen and oxygen atoms in total. The largest absolute Gasteiger partial charge is 0.353 e. The number of aromatic amines is 2. The van der Waals surface area contributed by atoms with E-state index in [0.717, 1.165) is 68.8 Å². The SMILES string of the molecule is CCN(CC)CCN1CCN(C(=O)c2ccc3[nH]c(-c4nc5ccccc5[nH]c4=O)cc3c2)CC1. The van der Waals surface area contributed by atoms with E-state index in [2.05, 4.69) is 38.6 Å². The average Bonchev–Trinajstić information content (AvgIpc) is 3.32. The van der Waals surface area contributed by atoms with Gasteiger partial charge in [-0.2, -0.15) is 0 Å². The summed E-state index contributed by atoms with van der Waals surface area (Å²) < 4.78 is 0. The number of nitrogens with zero attached hydrogens (tertiary/aromatic N) is 4. The van der Waals surface area contributed by atoms with Crippen LogP contribution in [-0.2, 0) is 0 Å². The Labute approximate surface area is 204 Å². The van der Waals surface area contributed by atoms with Crippen LogP contribution in [0.4, 0.5) is 0 Å². The van der Waals surface area contributed by atoms with Crippen molar-refractivity contribution >= 4 is 27.8 Å². The molecule has 1 fully saturated rings. The van der Waals surface area contributed by atoms with Crippen LogP contribution in [0.2, 0.25) is 0 Å². The van der Waals surface area contributed by atoms with Gasteiger partial charge in [0.1, 0.15) is 0 Å². The van der Waals surface area contributed by atoms with Gasteiger partial charge in [0.2, 0.25) is 0 Å². The van der Waals surface area contributed by atoms with E-state index < -0.39 is 0 Å². The highest BCUT2D eigenvalue weighted by Gasteiger charge is 2.23. The summed E-state index contributed by atoms with van der Waals surface area (Å²) in [5.74, 6) is 0.0553. The first kappa shape index (κ1) is 23.3. The molecule has 1 saturated heterocycles. The van der Waals surface area contributed by atoms with E-state index in [4.69, 9.17) is 0 Å². The van der Waals surface area contributed by atoms with Crippen molar-refractivity contribution in [3.8, 4) is 11.4 Å². The zero-order chi connectivity index (χ0) is 24.4. The van der Waals surface area contributed by atoms with Gasteiger partial charge < -0.3 is 19.8 Å². The van der Waals surface area contributed by atoms with Crippen molar-refractivity contribution in [2.75, 3.05) is 52.4 Å². The molecule has 0 saturated carbocycles. The summed E-state index contributed by atoms with van der Waals surface area (Å²) in [5.41, 5.74) is 3.70. The van der Waals surface area contributed by atoms with E-state index in [1.807, 2.05) is 53.4 Å². The third-order valence-electron chi connectivity index (χ3n) is 7.01. The van der Waals surface area contributed by atoms with E-state index >= 15 is 0 Å². The highest BCUT2D eigenvalue weighted by Crippen LogP contribution is 2.24. The minimum absolute atomic E-state index is 0.0553. The summed E-state index contributed by atoms with van der Waals surface area (Å²) in [4.78, 5) is 43.4. The zero-order valence-corrected chi connectivity index (χ0v) is 20.4. The number of amides is 1. The molecule has 1 amide bonds. The molecule has 0 radical (unpaired) electrons. The molecule has 0 spiro atoms. The quantitative estimate of drug-likeness (QED) is 0.431. The van der Waals surface area contributed by atoms with Crippen LogP contribution in [0.5, 0.6) is 0 Å². The van der Waals surface area contributed by atoms with Gasteiger partial charge >= 0.3 is 0 Å². The van der Waals surface area contributed by atoms with Crippen LogP contribution >= 0.6 is 0 Å². The Balaban J connectivity index is 1.30. The number of fused-ring (bicyclic) bond motifs is 2. The maximum Gasteiger partial charge on any atom is 0.276 e. The number of piperazine rings is 1. The number of H-pyrrole nitrogens is 2. The number of nitrogens with one attached hydrogen (secondary N) is 2. The van der Waals surface area contributed by atoms with Crippen LogP contribution in [0.1, 0.15) is 24.2 Å². The summed E-state index contributed by atoms with van der Waals surface area (Å²) in [7, 11) is 0. The molecule has 3 heterocycles. The third-order valence-corrected chi connectivity index (χ3v) is 7.01. The number of carbonyl (C=O) groups is 1. The fourth-order valence-electron chi connectivity index (χ4n) is 4.79. The Morgan fingerprint density at radius 1 is 0.971 bits per heavy atom. The van der Waals surface area contributed by atoms with Gasteiger partial charge in [0.15, 0.2) is 5.69 Å². The maximum absolute atomic E-state index is 13.2. The zero-order valence-electron chi connectivity index (χ0n) is 20.4. The van der Waals surface area contributed by atoms with Gasteiger partial charge in [0.25, 0.3) is 11.5 Å². The first-order valence-electron chi connectivity index (χ1n) is 12.4. The van der Waals surface area contributed by atoms with Crippen molar-refractivity contribution in [1.29, 1.82) is 0 Å². The molecule has 2 aromatic heterocycles. The summed E-state index contributed by atoms with van der Waals surface area (Å²) in [6, 6.07) is 15.0. The molecule has 0 unspecified atom stereocenters. The van der Waals surface area contributed by atoms with Crippen molar-refractivity contribution in [2.45, 2.75) is 13.8 Å². The fraction of sp³-hybridized carbons (Fsp3) is 0.370. The number of aromatic nitrogens is 3. The molecule has 0 atom stereocenters. The van der Waals surface area contributed by atoms with Crippen molar-refractivity contribution in [3.05, 3.63) is 64.4 Å². The Kier molecular flexibility index (Phi) is 6.66.